The van der Waals surface area contributed by atoms with Crippen molar-refractivity contribution in [2.75, 3.05) is 13.2 Å². The predicted octanol–water partition coefficient (Wildman–Crippen LogP) is 3.65. The monoisotopic (exact) mass is 572 g/mol. The molecule has 2 aromatic carbocycles. The average Bonchev–Trinajstić information content (AvgIpc) is 2.91. The van der Waals surface area contributed by atoms with E-state index in [-0.39, 0.29) is 54.6 Å². The van der Waals surface area contributed by atoms with Gasteiger partial charge in [-0.15, -0.1) is 0 Å². The van der Waals surface area contributed by atoms with Crippen molar-refractivity contribution in [2.45, 2.75) is 90.7 Å². The van der Waals surface area contributed by atoms with Crippen LogP contribution in [0.3, 0.4) is 0 Å². The first-order valence-electron chi connectivity index (χ1n) is 13.9. The number of carbonyl (C=O) groups is 2. The van der Waals surface area contributed by atoms with Crippen LogP contribution in [-0.2, 0) is 29.2 Å². The van der Waals surface area contributed by atoms with Gasteiger partial charge in [0.15, 0.2) is 5.25 Å². The molecule has 3 unspecified atom stereocenters. The van der Waals surface area contributed by atoms with Crippen molar-refractivity contribution in [3.63, 3.8) is 0 Å². The fourth-order valence-corrected chi connectivity index (χ4v) is 4.59. The van der Waals surface area contributed by atoms with Gasteiger partial charge in [0.2, 0.25) is 0 Å². The minimum Gasteiger partial charge on any atom is -0.747 e. The Kier molecular flexibility index (Phi) is 20.5. The van der Waals surface area contributed by atoms with Crippen LogP contribution < -0.4 is 29.6 Å². The first-order chi connectivity index (χ1) is 18.2. The average molecular weight is 573 g/mol. The molecule has 214 valence electrons. The summed E-state index contributed by atoms with van der Waals surface area (Å²) >= 11 is 0. The molecular weight excluding hydrogens is 527 g/mol. The van der Waals surface area contributed by atoms with Gasteiger partial charge in [-0.2, -0.15) is 0 Å². The molecule has 0 saturated carbocycles. The van der Waals surface area contributed by atoms with Gasteiger partial charge in [0, 0.05) is 0 Å². The van der Waals surface area contributed by atoms with E-state index in [1.165, 1.54) is 10.8 Å². The first kappa shape index (κ1) is 37.6. The van der Waals surface area contributed by atoms with Crippen LogP contribution in [0.5, 0.6) is 0 Å². The maximum Gasteiger partial charge on any atom is 1.00 e. The second kappa shape index (κ2) is 21.3. The summed E-state index contributed by atoms with van der Waals surface area (Å²) in [7, 11) is -5.01. The molecule has 0 aliphatic carbocycles. The summed E-state index contributed by atoms with van der Waals surface area (Å²) in [6.45, 7) is 8.26. The van der Waals surface area contributed by atoms with Crippen molar-refractivity contribution >= 4 is 32.8 Å². The Hall–Kier alpha value is -1.45. The molecule has 0 amide bonds. The number of ether oxygens (including phenoxy) is 2. The summed E-state index contributed by atoms with van der Waals surface area (Å²) < 4.78 is 44.6. The van der Waals surface area contributed by atoms with E-state index in [1.54, 1.807) is 0 Å². The van der Waals surface area contributed by atoms with Crippen LogP contribution in [0, 0.1) is 11.8 Å². The number of fused-ring (bicyclic) bond motifs is 1. The normalized spacial score (nSPS) is 13.3. The van der Waals surface area contributed by atoms with Gasteiger partial charge in [-0.3, -0.25) is 9.59 Å². The summed E-state index contributed by atoms with van der Waals surface area (Å²) in [5.74, 6) is -1.74. The summed E-state index contributed by atoms with van der Waals surface area (Å²) in [6.07, 6.45) is 6.58. The van der Waals surface area contributed by atoms with E-state index in [4.69, 9.17) is 9.47 Å². The Morgan fingerprint density at radius 1 is 0.769 bits per heavy atom. The van der Waals surface area contributed by atoms with Crippen LogP contribution >= 0.6 is 0 Å². The summed E-state index contributed by atoms with van der Waals surface area (Å²) in [4.78, 5) is 24.1. The topological polar surface area (TPSA) is 110 Å². The molecule has 0 aliphatic rings. The van der Waals surface area contributed by atoms with Gasteiger partial charge in [0.05, 0.1) is 19.6 Å². The molecule has 7 nitrogen and oxygen atoms in total. The standard InChI is InChI=1S/C20H38O7S.C10H8.Na/c1-5-9-11-16(7-3)14-26-19(21)13-18(28(23,24)25)20(22)27-15-17(8-4)12-10-6-2;1-2-6-10-8-4-3-7-9(10)5-1;/h16-18H,5-15H2,1-4H3,(H,23,24,25);1-8H;/q;;+1/p-1. The fraction of sp³-hybridized carbons (Fsp3) is 0.600. The Labute approximate surface area is 257 Å². The molecule has 0 radical (unpaired) electrons. The first-order valence-corrected chi connectivity index (χ1v) is 15.3. The maximum absolute atomic E-state index is 12.1. The summed E-state index contributed by atoms with van der Waals surface area (Å²) in [6, 6.07) is 16.7. The molecule has 0 bridgehead atoms. The molecule has 0 aromatic heterocycles. The molecule has 0 fully saturated rings. The Balaban J connectivity index is 0.00000108. The number of carbonyl (C=O) groups excluding carboxylic acids is 2. The van der Waals surface area contributed by atoms with E-state index in [2.05, 4.69) is 62.4 Å². The molecule has 0 N–H and O–H groups in total. The van der Waals surface area contributed by atoms with Crippen molar-refractivity contribution in [3.8, 4) is 0 Å². The van der Waals surface area contributed by atoms with Crippen molar-refractivity contribution in [1.29, 1.82) is 0 Å². The van der Waals surface area contributed by atoms with E-state index in [0.29, 0.717) is 0 Å². The van der Waals surface area contributed by atoms with Gasteiger partial charge >= 0.3 is 41.5 Å². The van der Waals surface area contributed by atoms with Crippen LogP contribution in [0.25, 0.3) is 10.8 Å². The van der Waals surface area contributed by atoms with E-state index < -0.39 is 33.7 Å². The molecule has 2 aromatic rings. The minimum absolute atomic E-state index is 0. The third kappa shape index (κ3) is 15.8. The van der Waals surface area contributed by atoms with Gasteiger partial charge in [-0.25, -0.2) is 8.42 Å². The summed E-state index contributed by atoms with van der Waals surface area (Å²) in [5, 5.41) is 0.564. The second-order valence-electron chi connectivity index (χ2n) is 9.68. The van der Waals surface area contributed by atoms with Gasteiger partial charge in [0.1, 0.15) is 10.1 Å². The van der Waals surface area contributed by atoms with Crippen LogP contribution in [0.1, 0.15) is 85.5 Å². The number of hydrogen-bond acceptors (Lipinski definition) is 7. The molecule has 3 atom stereocenters. The number of rotatable bonds is 16. The number of unbranched alkanes of at least 4 members (excludes halogenated alkanes) is 2. The predicted molar refractivity (Wildman–Crippen MR) is 151 cm³/mol. The second-order valence-corrected chi connectivity index (χ2v) is 11.2. The summed E-state index contributed by atoms with van der Waals surface area (Å²) in [5.41, 5.74) is 0. The smallest absolute Gasteiger partial charge is 0.747 e. The van der Waals surface area contributed by atoms with Crippen molar-refractivity contribution < 1.29 is 61.6 Å². The van der Waals surface area contributed by atoms with Crippen LogP contribution in [0.15, 0.2) is 48.5 Å². The maximum atomic E-state index is 12.1. The molecule has 0 aliphatic heterocycles. The minimum atomic E-state index is -5.01. The largest absolute Gasteiger partial charge is 1.00 e. The molecular formula is C30H45NaO7S. The number of benzene rings is 2. The van der Waals surface area contributed by atoms with Crippen LogP contribution in [-0.4, -0.2) is 43.4 Å². The Morgan fingerprint density at radius 2 is 1.18 bits per heavy atom. The molecule has 0 heterocycles. The van der Waals surface area contributed by atoms with E-state index in [0.717, 1.165) is 51.4 Å². The quantitative estimate of drug-likeness (QED) is 0.172. The number of hydrogen-bond donors (Lipinski definition) is 0. The zero-order valence-corrected chi connectivity index (χ0v) is 27.2. The van der Waals surface area contributed by atoms with Crippen molar-refractivity contribution in [1.82, 2.24) is 0 Å². The third-order valence-electron chi connectivity index (χ3n) is 6.65. The van der Waals surface area contributed by atoms with Crippen molar-refractivity contribution in [3.05, 3.63) is 48.5 Å². The van der Waals surface area contributed by atoms with Crippen LogP contribution in [0.2, 0.25) is 0 Å². The van der Waals surface area contributed by atoms with Gasteiger partial charge < -0.3 is 14.0 Å². The van der Waals surface area contributed by atoms with Crippen molar-refractivity contribution in [2.24, 2.45) is 11.8 Å². The molecule has 2 rings (SSSR count). The van der Waals surface area contributed by atoms with E-state index in [9.17, 15) is 22.6 Å². The SMILES string of the molecule is CCCCC(CC)COC(=O)CC(C(=O)OCC(CC)CCCC)S(=O)(=O)[O-].[Na+].c1ccc2ccccc2c1. The van der Waals surface area contributed by atoms with E-state index in [1.807, 2.05) is 13.8 Å². The number of esters is 2. The molecule has 9 heteroatoms. The van der Waals surface area contributed by atoms with Gasteiger partial charge in [0.25, 0.3) is 0 Å². The Bertz CT molecular complexity index is 993. The zero-order valence-electron chi connectivity index (χ0n) is 24.4. The Morgan fingerprint density at radius 3 is 1.54 bits per heavy atom. The van der Waals surface area contributed by atoms with E-state index >= 15 is 0 Å². The zero-order chi connectivity index (χ0) is 28.4. The van der Waals surface area contributed by atoms with Gasteiger partial charge in [-0.1, -0.05) is 115 Å². The fourth-order valence-electron chi connectivity index (χ4n) is 3.95. The molecule has 39 heavy (non-hydrogen) atoms. The molecule has 0 spiro atoms. The van der Waals surface area contributed by atoms with Gasteiger partial charge in [-0.05, 0) is 35.4 Å². The third-order valence-corrected chi connectivity index (χ3v) is 7.71. The molecule has 0 saturated heterocycles. The van der Waals surface area contributed by atoms with Crippen LogP contribution in [0.4, 0.5) is 0 Å².